The second kappa shape index (κ2) is 2.36. The van der Waals surface area contributed by atoms with Gasteiger partial charge in [-0.15, -0.1) is 0 Å². The first-order valence-corrected chi connectivity index (χ1v) is 2.50. The quantitative estimate of drug-likeness (QED) is 0.467. The summed E-state index contributed by atoms with van der Waals surface area (Å²) in [5, 5.41) is 8.42. The zero-order valence-corrected chi connectivity index (χ0v) is 4.46. The van der Waals surface area contributed by atoms with Gasteiger partial charge in [0.2, 0.25) is 0 Å². The lowest BCUT2D eigenvalue weighted by atomic mass is 10.1. The Kier molecular flexibility index (Phi) is 1.52. The topological polar surface area (TPSA) is 20.2 Å². The van der Waals surface area contributed by atoms with E-state index in [2.05, 4.69) is 6.08 Å². The van der Waals surface area contributed by atoms with E-state index in [9.17, 15) is 0 Å². The van der Waals surface area contributed by atoms with Crippen LogP contribution in [0.3, 0.4) is 0 Å². The minimum Gasteiger partial charge on any atom is -0.515 e. The van der Waals surface area contributed by atoms with Crippen LogP contribution in [0.5, 0.6) is 0 Å². The third kappa shape index (κ3) is 0.997. The van der Waals surface area contributed by atoms with E-state index in [0.29, 0.717) is 0 Å². The number of hydrogen-bond acceptors (Lipinski definition) is 1. The molecule has 0 amide bonds. The molecule has 0 bridgehead atoms. The van der Waals surface area contributed by atoms with Gasteiger partial charge in [0.25, 0.3) is 0 Å². The molecule has 8 heavy (non-hydrogen) atoms. The highest BCUT2D eigenvalue weighted by atomic mass is 16.2. The van der Waals surface area contributed by atoms with Gasteiger partial charge in [0.05, 0.1) is 6.26 Å². The van der Waals surface area contributed by atoms with Crippen LogP contribution < -0.4 is 0 Å². The molecule has 1 aliphatic rings. The third-order valence-electron chi connectivity index (χ3n) is 0.996. The van der Waals surface area contributed by atoms with Gasteiger partial charge in [-0.25, -0.2) is 0 Å². The first-order valence-electron chi connectivity index (χ1n) is 2.50. The normalized spacial score (nSPS) is 22.2. The van der Waals surface area contributed by atoms with Gasteiger partial charge in [0.15, 0.2) is 0 Å². The average molecular weight is 107 g/mol. The van der Waals surface area contributed by atoms with E-state index in [1.807, 2.05) is 18.2 Å². The van der Waals surface area contributed by atoms with Crippen LogP contribution in [0.1, 0.15) is 6.42 Å². The molecule has 1 radical (unpaired) electrons. The molecule has 1 heteroatoms. The molecule has 0 fully saturated rings. The number of aliphatic hydroxyl groups excluding tert-OH is 1. The Morgan fingerprint density at radius 3 is 3.00 bits per heavy atom. The Hall–Kier alpha value is -0.980. The molecule has 0 spiro atoms. The van der Waals surface area contributed by atoms with Crippen LogP contribution >= 0.6 is 0 Å². The van der Waals surface area contributed by atoms with E-state index in [-0.39, 0.29) is 0 Å². The SMILES string of the molecule is O/C=C1\C=CC=[C]C1. The van der Waals surface area contributed by atoms with Crippen molar-refractivity contribution in [3.05, 3.63) is 36.1 Å². The summed E-state index contributed by atoms with van der Waals surface area (Å²) in [5.74, 6) is 0. The number of allylic oxidation sites excluding steroid dienone is 5. The van der Waals surface area contributed by atoms with Crippen LogP contribution in [0.4, 0.5) is 0 Å². The summed E-state index contributed by atoms with van der Waals surface area (Å²) in [6.45, 7) is 0. The van der Waals surface area contributed by atoms with Gasteiger partial charge in [0.1, 0.15) is 0 Å². The van der Waals surface area contributed by atoms with E-state index in [1.54, 1.807) is 0 Å². The summed E-state index contributed by atoms with van der Waals surface area (Å²) >= 11 is 0. The van der Waals surface area contributed by atoms with Gasteiger partial charge < -0.3 is 5.11 Å². The fourth-order valence-corrected chi connectivity index (χ4v) is 0.564. The number of aliphatic hydroxyl groups is 1. The summed E-state index contributed by atoms with van der Waals surface area (Å²) in [5.41, 5.74) is 0.910. The molecule has 0 unspecified atom stereocenters. The minimum atomic E-state index is 0.729. The molecule has 0 heterocycles. The summed E-state index contributed by atoms with van der Waals surface area (Å²) in [6.07, 6.45) is 10.3. The molecule has 1 nitrogen and oxygen atoms in total. The first kappa shape index (κ1) is 5.16. The highest BCUT2D eigenvalue weighted by molar-refractivity contribution is 5.25. The van der Waals surface area contributed by atoms with Crippen LogP contribution in [0.15, 0.2) is 30.1 Å². The maximum atomic E-state index is 8.42. The zero-order chi connectivity index (χ0) is 5.82. The molecular weight excluding hydrogens is 100 g/mol. The highest BCUT2D eigenvalue weighted by Gasteiger charge is 1.90. The van der Waals surface area contributed by atoms with Crippen LogP contribution in [0.2, 0.25) is 0 Å². The summed E-state index contributed by atoms with van der Waals surface area (Å²) in [7, 11) is 0. The molecule has 1 rings (SSSR count). The van der Waals surface area contributed by atoms with Crippen molar-refractivity contribution in [3.63, 3.8) is 0 Å². The van der Waals surface area contributed by atoms with Crippen molar-refractivity contribution in [2.75, 3.05) is 0 Å². The zero-order valence-electron chi connectivity index (χ0n) is 4.46. The number of hydrogen-bond donors (Lipinski definition) is 1. The summed E-state index contributed by atoms with van der Waals surface area (Å²) in [4.78, 5) is 0. The Morgan fingerprint density at radius 1 is 1.75 bits per heavy atom. The van der Waals surface area contributed by atoms with Crippen molar-refractivity contribution in [1.82, 2.24) is 0 Å². The van der Waals surface area contributed by atoms with E-state index < -0.39 is 0 Å². The predicted octanol–water partition coefficient (Wildman–Crippen LogP) is 1.75. The molecule has 0 aromatic rings. The average Bonchev–Trinajstić information content (AvgIpc) is 1.90. The maximum absolute atomic E-state index is 8.42. The van der Waals surface area contributed by atoms with Gasteiger partial charge in [-0.1, -0.05) is 18.2 Å². The predicted molar refractivity (Wildman–Crippen MR) is 32.3 cm³/mol. The molecule has 1 aliphatic carbocycles. The van der Waals surface area contributed by atoms with Crippen LogP contribution in [-0.2, 0) is 0 Å². The summed E-state index contributed by atoms with van der Waals surface area (Å²) in [6, 6.07) is 0. The molecule has 0 saturated heterocycles. The van der Waals surface area contributed by atoms with Crippen molar-refractivity contribution < 1.29 is 5.11 Å². The van der Waals surface area contributed by atoms with Crippen LogP contribution in [-0.4, -0.2) is 5.11 Å². The summed E-state index contributed by atoms with van der Waals surface area (Å²) < 4.78 is 0. The van der Waals surface area contributed by atoms with Crippen LogP contribution in [0, 0.1) is 6.08 Å². The fraction of sp³-hybridized carbons (Fsp3) is 0.143. The smallest absolute Gasteiger partial charge is 0.0827 e. The van der Waals surface area contributed by atoms with Gasteiger partial charge in [-0.05, 0) is 11.6 Å². The fourth-order valence-electron chi connectivity index (χ4n) is 0.564. The molecule has 41 valence electrons. The van der Waals surface area contributed by atoms with E-state index in [4.69, 9.17) is 5.11 Å². The second-order valence-corrected chi connectivity index (χ2v) is 1.61. The van der Waals surface area contributed by atoms with Crippen molar-refractivity contribution in [3.8, 4) is 0 Å². The highest BCUT2D eigenvalue weighted by Crippen LogP contribution is 2.06. The van der Waals surface area contributed by atoms with E-state index in [1.165, 1.54) is 0 Å². The minimum absolute atomic E-state index is 0.729. The Balaban J connectivity index is 2.66. The van der Waals surface area contributed by atoms with Crippen molar-refractivity contribution >= 4 is 0 Å². The van der Waals surface area contributed by atoms with E-state index in [0.717, 1.165) is 18.3 Å². The van der Waals surface area contributed by atoms with Gasteiger partial charge in [-0.2, -0.15) is 0 Å². The van der Waals surface area contributed by atoms with Gasteiger partial charge in [-0.3, -0.25) is 0 Å². The molecular formula is C7H7O. The van der Waals surface area contributed by atoms with Crippen molar-refractivity contribution in [1.29, 1.82) is 0 Å². The Labute approximate surface area is 48.6 Å². The Bertz CT molecular complexity index is 152. The lowest BCUT2D eigenvalue weighted by Gasteiger charge is -1.95. The lowest BCUT2D eigenvalue weighted by molar-refractivity contribution is 0.467. The molecule has 1 N–H and O–H groups in total. The Morgan fingerprint density at radius 2 is 2.62 bits per heavy atom. The monoisotopic (exact) mass is 107 g/mol. The van der Waals surface area contributed by atoms with Crippen molar-refractivity contribution in [2.24, 2.45) is 0 Å². The van der Waals surface area contributed by atoms with E-state index >= 15 is 0 Å². The molecule has 0 saturated carbocycles. The molecule has 0 atom stereocenters. The maximum Gasteiger partial charge on any atom is 0.0827 e. The molecule has 0 aliphatic heterocycles. The van der Waals surface area contributed by atoms with Gasteiger partial charge in [0, 0.05) is 6.42 Å². The third-order valence-corrected chi connectivity index (χ3v) is 0.996. The second-order valence-electron chi connectivity index (χ2n) is 1.61. The molecule has 0 aromatic heterocycles. The van der Waals surface area contributed by atoms with Crippen molar-refractivity contribution in [2.45, 2.75) is 6.42 Å². The largest absolute Gasteiger partial charge is 0.515 e. The standard InChI is InChI=1S/C7H7O/c8-6-7-4-2-1-3-5-7/h1-2,4,6,8H,5H2/b7-6+. The number of rotatable bonds is 0. The van der Waals surface area contributed by atoms with Gasteiger partial charge >= 0.3 is 0 Å². The molecule has 0 aromatic carbocycles. The first-order chi connectivity index (χ1) is 3.93. The van der Waals surface area contributed by atoms with Crippen LogP contribution in [0.25, 0.3) is 0 Å². The lowest BCUT2D eigenvalue weighted by Crippen LogP contribution is -1.79.